The van der Waals surface area contributed by atoms with E-state index in [0.29, 0.717) is 5.75 Å². The number of carbonyl (C=O) groups excluding carboxylic acids is 1. The van der Waals surface area contributed by atoms with Crippen molar-refractivity contribution in [2.45, 2.75) is 6.92 Å². The molecule has 3 aromatic rings. The van der Waals surface area contributed by atoms with Crippen LogP contribution in [0.5, 0.6) is 5.75 Å². The monoisotopic (exact) mass is 252 g/mol. The van der Waals surface area contributed by atoms with Crippen molar-refractivity contribution in [2.24, 2.45) is 0 Å². The van der Waals surface area contributed by atoms with E-state index in [1.54, 1.807) is 12.1 Å². The van der Waals surface area contributed by atoms with Crippen molar-refractivity contribution in [3.05, 3.63) is 54.6 Å². The van der Waals surface area contributed by atoms with E-state index in [-0.39, 0.29) is 5.97 Å². The van der Waals surface area contributed by atoms with E-state index in [9.17, 15) is 4.79 Å². The fourth-order valence-electron chi connectivity index (χ4n) is 1.98. The van der Waals surface area contributed by atoms with Crippen LogP contribution in [0.1, 0.15) is 6.92 Å². The standard InChI is InChI=1S/C16H12O3/c1-11(17)18-14-8-6-12(7-9-14)16-10-13-4-2-3-5-15(13)19-16/h2-10H,1H3. The summed E-state index contributed by atoms with van der Waals surface area (Å²) in [4.78, 5) is 10.8. The first-order valence-electron chi connectivity index (χ1n) is 6.00. The van der Waals surface area contributed by atoms with Gasteiger partial charge in [0.2, 0.25) is 0 Å². The number of para-hydroxylation sites is 1. The summed E-state index contributed by atoms with van der Waals surface area (Å²) in [5.74, 6) is 1.01. The fraction of sp³-hybridized carbons (Fsp3) is 0.0625. The second-order valence-corrected chi connectivity index (χ2v) is 4.27. The number of furan rings is 1. The van der Waals surface area contributed by atoms with Gasteiger partial charge in [-0.2, -0.15) is 0 Å². The maximum absolute atomic E-state index is 10.8. The topological polar surface area (TPSA) is 39.4 Å². The molecule has 0 radical (unpaired) electrons. The lowest BCUT2D eigenvalue weighted by Crippen LogP contribution is -2.00. The number of rotatable bonds is 2. The van der Waals surface area contributed by atoms with Crippen LogP contribution in [0.2, 0.25) is 0 Å². The summed E-state index contributed by atoms with van der Waals surface area (Å²) in [7, 11) is 0. The summed E-state index contributed by atoms with van der Waals surface area (Å²) in [5.41, 5.74) is 1.81. The minimum absolute atomic E-state index is 0.323. The van der Waals surface area contributed by atoms with Gasteiger partial charge >= 0.3 is 5.97 Å². The van der Waals surface area contributed by atoms with Crippen molar-refractivity contribution >= 4 is 16.9 Å². The molecule has 0 saturated heterocycles. The summed E-state index contributed by atoms with van der Waals surface area (Å²) in [6.45, 7) is 1.38. The van der Waals surface area contributed by atoms with Crippen LogP contribution in [0.25, 0.3) is 22.3 Å². The molecule has 0 aliphatic rings. The van der Waals surface area contributed by atoms with E-state index >= 15 is 0 Å². The largest absolute Gasteiger partial charge is 0.456 e. The van der Waals surface area contributed by atoms with Crippen molar-refractivity contribution in [3.8, 4) is 17.1 Å². The highest BCUT2D eigenvalue weighted by molar-refractivity contribution is 5.82. The summed E-state index contributed by atoms with van der Waals surface area (Å²) < 4.78 is 10.8. The second-order valence-electron chi connectivity index (χ2n) is 4.27. The molecule has 0 aliphatic carbocycles. The van der Waals surface area contributed by atoms with Gasteiger partial charge in [0, 0.05) is 17.9 Å². The molecule has 0 aliphatic heterocycles. The van der Waals surface area contributed by atoms with Gasteiger partial charge in [-0.15, -0.1) is 0 Å². The molecule has 2 aromatic carbocycles. The zero-order valence-electron chi connectivity index (χ0n) is 10.4. The average molecular weight is 252 g/mol. The van der Waals surface area contributed by atoms with Gasteiger partial charge < -0.3 is 9.15 Å². The van der Waals surface area contributed by atoms with Crippen LogP contribution in [-0.4, -0.2) is 5.97 Å². The maximum Gasteiger partial charge on any atom is 0.308 e. The molecular weight excluding hydrogens is 240 g/mol. The lowest BCUT2D eigenvalue weighted by molar-refractivity contribution is -0.131. The van der Waals surface area contributed by atoms with Gasteiger partial charge in [0.25, 0.3) is 0 Å². The quantitative estimate of drug-likeness (QED) is 0.510. The number of hydrogen-bond donors (Lipinski definition) is 0. The molecule has 0 bridgehead atoms. The van der Waals surface area contributed by atoms with Gasteiger partial charge in [-0.1, -0.05) is 18.2 Å². The van der Waals surface area contributed by atoms with Crippen LogP contribution in [-0.2, 0) is 4.79 Å². The zero-order valence-corrected chi connectivity index (χ0v) is 10.4. The van der Waals surface area contributed by atoms with E-state index in [2.05, 4.69) is 0 Å². The molecule has 0 N–H and O–H groups in total. The minimum atomic E-state index is -0.323. The van der Waals surface area contributed by atoms with Gasteiger partial charge in [0.15, 0.2) is 0 Å². The summed E-state index contributed by atoms with van der Waals surface area (Å²) in [6.07, 6.45) is 0. The molecule has 0 unspecified atom stereocenters. The fourth-order valence-corrected chi connectivity index (χ4v) is 1.98. The molecule has 0 fully saturated rings. The average Bonchev–Trinajstić information content (AvgIpc) is 2.82. The third kappa shape index (κ3) is 2.36. The number of fused-ring (bicyclic) bond motifs is 1. The lowest BCUT2D eigenvalue weighted by atomic mass is 10.1. The Balaban J connectivity index is 1.95. The smallest absolute Gasteiger partial charge is 0.308 e. The first-order valence-corrected chi connectivity index (χ1v) is 6.00. The summed E-state index contributed by atoms with van der Waals surface area (Å²) >= 11 is 0. The Hall–Kier alpha value is -2.55. The van der Waals surface area contributed by atoms with Gasteiger partial charge in [-0.25, -0.2) is 0 Å². The molecule has 0 atom stereocenters. The Morgan fingerprint density at radius 1 is 1.05 bits per heavy atom. The van der Waals surface area contributed by atoms with Crippen LogP contribution >= 0.6 is 0 Å². The second kappa shape index (κ2) is 4.61. The van der Waals surface area contributed by atoms with Crippen LogP contribution in [0.15, 0.2) is 59.0 Å². The highest BCUT2D eigenvalue weighted by atomic mass is 16.5. The van der Waals surface area contributed by atoms with Gasteiger partial charge in [0.1, 0.15) is 17.1 Å². The molecule has 94 valence electrons. The highest BCUT2D eigenvalue weighted by Gasteiger charge is 2.06. The number of hydrogen-bond acceptors (Lipinski definition) is 3. The van der Waals surface area contributed by atoms with Gasteiger partial charge in [0.05, 0.1) is 0 Å². The third-order valence-corrected chi connectivity index (χ3v) is 2.83. The summed E-state index contributed by atoms with van der Waals surface area (Å²) in [6, 6.07) is 17.1. The van der Waals surface area contributed by atoms with Crippen molar-refractivity contribution in [1.82, 2.24) is 0 Å². The van der Waals surface area contributed by atoms with Gasteiger partial charge in [-0.05, 0) is 36.4 Å². The number of ether oxygens (including phenoxy) is 1. The Bertz CT molecular complexity index is 690. The van der Waals surface area contributed by atoms with E-state index in [1.165, 1.54) is 6.92 Å². The Morgan fingerprint density at radius 3 is 2.47 bits per heavy atom. The molecule has 1 aromatic heterocycles. The van der Waals surface area contributed by atoms with Gasteiger partial charge in [-0.3, -0.25) is 4.79 Å². The van der Waals surface area contributed by atoms with Crippen LogP contribution < -0.4 is 4.74 Å². The molecule has 0 amide bonds. The van der Waals surface area contributed by atoms with E-state index in [0.717, 1.165) is 22.3 Å². The molecule has 0 saturated carbocycles. The Morgan fingerprint density at radius 2 is 1.79 bits per heavy atom. The number of carbonyl (C=O) groups is 1. The SMILES string of the molecule is CC(=O)Oc1ccc(-c2cc3ccccc3o2)cc1. The third-order valence-electron chi connectivity index (χ3n) is 2.83. The first-order chi connectivity index (χ1) is 9.22. The normalized spacial score (nSPS) is 10.6. The number of esters is 1. The molecule has 19 heavy (non-hydrogen) atoms. The molecular formula is C16H12O3. The molecule has 3 rings (SSSR count). The zero-order chi connectivity index (χ0) is 13.2. The highest BCUT2D eigenvalue weighted by Crippen LogP contribution is 2.28. The van der Waals surface area contributed by atoms with Crippen LogP contribution in [0.3, 0.4) is 0 Å². The number of benzene rings is 2. The molecule has 0 spiro atoms. The van der Waals surface area contributed by atoms with Crippen molar-refractivity contribution in [2.75, 3.05) is 0 Å². The molecule has 3 heteroatoms. The van der Waals surface area contributed by atoms with Crippen LogP contribution in [0.4, 0.5) is 0 Å². The molecule has 1 heterocycles. The summed E-state index contributed by atoms with van der Waals surface area (Å²) in [5, 5.41) is 1.07. The van der Waals surface area contributed by atoms with Crippen molar-refractivity contribution < 1.29 is 13.9 Å². The Kier molecular flexibility index (Phi) is 2.80. The predicted molar refractivity (Wildman–Crippen MR) is 73.0 cm³/mol. The maximum atomic E-state index is 10.8. The van der Waals surface area contributed by atoms with E-state index in [4.69, 9.17) is 9.15 Å². The van der Waals surface area contributed by atoms with Crippen molar-refractivity contribution in [3.63, 3.8) is 0 Å². The predicted octanol–water partition coefficient (Wildman–Crippen LogP) is 4.03. The lowest BCUT2D eigenvalue weighted by Gasteiger charge is -2.01. The first kappa shape index (κ1) is 11.5. The Labute approximate surface area is 110 Å². The van der Waals surface area contributed by atoms with E-state index in [1.807, 2.05) is 42.5 Å². The van der Waals surface area contributed by atoms with E-state index < -0.39 is 0 Å². The van der Waals surface area contributed by atoms with Crippen LogP contribution in [0, 0.1) is 0 Å². The minimum Gasteiger partial charge on any atom is -0.456 e. The molecule has 3 nitrogen and oxygen atoms in total. The van der Waals surface area contributed by atoms with Crippen molar-refractivity contribution in [1.29, 1.82) is 0 Å².